The molecule has 1 fully saturated rings. The van der Waals surface area contributed by atoms with E-state index in [-0.39, 0.29) is 12.0 Å². The SMILES string of the molecule is C#CCCNC(=O)c1ccnc(OC2CCSC2)c1. The Bertz CT molecular complexity index is 479. The van der Waals surface area contributed by atoms with Crippen LogP contribution in [0.5, 0.6) is 5.88 Å². The molecule has 0 radical (unpaired) electrons. The lowest BCUT2D eigenvalue weighted by Gasteiger charge is -2.12. The highest BCUT2D eigenvalue weighted by molar-refractivity contribution is 7.99. The molecule has 1 saturated heterocycles. The van der Waals surface area contributed by atoms with Crippen LogP contribution < -0.4 is 10.1 Å². The molecule has 1 aliphatic rings. The fraction of sp³-hybridized carbons (Fsp3) is 0.429. The van der Waals surface area contributed by atoms with Crippen molar-refractivity contribution in [1.29, 1.82) is 0 Å². The van der Waals surface area contributed by atoms with E-state index in [9.17, 15) is 4.79 Å². The third-order valence-corrected chi connectivity index (χ3v) is 3.86. The number of terminal acetylenes is 1. The van der Waals surface area contributed by atoms with Gasteiger partial charge in [0, 0.05) is 36.5 Å². The van der Waals surface area contributed by atoms with Crippen LogP contribution in [0, 0.1) is 12.3 Å². The van der Waals surface area contributed by atoms with E-state index in [4.69, 9.17) is 11.2 Å². The van der Waals surface area contributed by atoms with Gasteiger partial charge in [-0.2, -0.15) is 11.8 Å². The van der Waals surface area contributed by atoms with Crippen molar-refractivity contribution in [3.8, 4) is 18.2 Å². The minimum Gasteiger partial charge on any atom is -0.473 e. The van der Waals surface area contributed by atoms with Crippen molar-refractivity contribution < 1.29 is 9.53 Å². The Morgan fingerprint density at radius 2 is 2.58 bits per heavy atom. The predicted molar refractivity (Wildman–Crippen MR) is 76.4 cm³/mol. The third-order valence-electron chi connectivity index (χ3n) is 2.73. The zero-order chi connectivity index (χ0) is 13.5. The van der Waals surface area contributed by atoms with Gasteiger partial charge in [0.2, 0.25) is 5.88 Å². The van der Waals surface area contributed by atoms with Crippen LogP contribution in [-0.4, -0.2) is 35.0 Å². The molecule has 0 spiro atoms. The van der Waals surface area contributed by atoms with Gasteiger partial charge in [-0.25, -0.2) is 4.98 Å². The van der Waals surface area contributed by atoms with Crippen molar-refractivity contribution >= 4 is 17.7 Å². The van der Waals surface area contributed by atoms with Crippen molar-refractivity contribution in [2.24, 2.45) is 0 Å². The number of ether oxygens (including phenoxy) is 1. The summed E-state index contributed by atoms with van der Waals surface area (Å²) in [5.74, 6) is 4.95. The van der Waals surface area contributed by atoms with Crippen molar-refractivity contribution in [3.05, 3.63) is 23.9 Å². The molecule has 0 aliphatic carbocycles. The molecular weight excluding hydrogens is 260 g/mol. The topological polar surface area (TPSA) is 51.2 Å². The smallest absolute Gasteiger partial charge is 0.251 e. The third kappa shape index (κ3) is 4.18. The Labute approximate surface area is 117 Å². The van der Waals surface area contributed by atoms with E-state index in [1.54, 1.807) is 18.3 Å². The Hall–Kier alpha value is -1.67. The van der Waals surface area contributed by atoms with Crippen molar-refractivity contribution in [2.75, 3.05) is 18.1 Å². The molecule has 1 amide bonds. The second kappa shape index (κ2) is 7.05. The van der Waals surface area contributed by atoms with E-state index in [0.29, 0.717) is 24.4 Å². The minimum atomic E-state index is -0.150. The van der Waals surface area contributed by atoms with Crippen LogP contribution in [0.4, 0.5) is 0 Å². The lowest BCUT2D eigenvalue weighted by atomic mass is 10.2. The van der Waals surface area contributed by atoms with Gasteiger partial charge >= 0.3 is 0 Å². The largest absolute Gasteiger partial charge is 0.473 e. The summed E-state index contributed by atoms with van der Waals surface area (Å²) in [5, 5.41) is 2.75. The number of hydrogen-bond acceptors (Lipinski definition) is 4. The van der Waals surface area contributed by atoms with E-state index >= 15 is 0 Å². The quantitative estimate of drug-likeness (QED) is 0.657. The fourth-order valence-electron chi connectivity index (χ4n) is 1.74. The molecule has 1 atom stereocenters. The molecule has 0 saturated carbocycles. The summed E-state index contributed by atoms with van der Waals surface area (Å²) >= 11 is 1.87. The molecule has 5 heteroatoms. The van der Waals surface area contributed by atoms with E-state index in [1.165, 1.54) is 0 Å². The lowest BCUT2D eigenvalue weighted by molar-refractivity contribution is 0.0953. The van der Waals surface area contributed by atoms with Gasteiger partial charge in [0.15, 0.2) is 0 Å². The van der Waals surface area contributed by atoms with Gasteiger partial charge in [0.1, 0.15) is 6.10 Å². The number of nitrogens with one attached hydrogen (secondary N) is 1. The zero-order valence-electron chi connectivity index (χ0n) is 10.6. The number of carbonyl (C=O) groups excluding carboxylic acids is 1. The van der Waals surface area contributed by atoms with E-state index < -0.39 is 0 Å². The molecule has 2 rings (SSSR count). The first kappa shape index (κ1) is 13.8. The summed E-state index contributed by atoms with van der Waals surface area (Å²) < 4.78 is 5.75. The van der Waals surface area contributed by atoms with Crippen LogP contribution in [-0.2, 0) is 0 Å². The van der Waals surface area contributed by atoms with Crippen LogP contribution in [0.25, 0.3) is 0 Å². The molecular formula is C14H16N2O2S. The average Bonchev–Trinajstić information content (AvgIpc) is 2.92. The molecule has 100 valence electrons. The maximum atomic E-state index is 11.8. The lowest BCUT2D eigenvalue weighted by Crippen LogP contribution is -2.24. The zero-order valence-corrected chi connectivity index (χ0v) is 11.4. The molecule has 0 bridgehead atoms. The van der Waals surface area contributed by atoms with Crippen molar-refractivity contribution in [2.45, 2.75) is 18.9 Å². The maximum absolute atomic E-state index is 11.8. The number of pyridine rings is 1. The Morgan fingerprint density at radius 3 is 3.32 bits per heavy atom. The Balaban J connectivity index is 1.94. The minimum absolute atomic E-state index is 0.150. The molecule has 19 heavy (non-hydrogen) atoms. The number of carbonyl (C=O) groups is 1. The van der Waals surface area contributed by atoms with E-state index in [1.807, 2.05) is 11.8 Å². The number of rotatable bonds is 5. The monoisotopic (exact) mass is 276 g/mol. The van der Waals surface area contributed by atoms with Crippen LogP contribution in [0.2, 0.25) is 0 Å². The van der Waals surface area contributed by atoms with Crippen LogP contribution in [0.1, 0.15) is 23.2 Å². The normalized spacial score (nSPS) is 17.7. The second-order valence-corrected chi connectivity index (χ2v) is 5.35. The number of amides is 1. The summed E-state index contributed by atoms with van der Waals surface area (Å²) in [7, 11) is 0. The summed E-state index contributed by atoms with van der Waals surface area (Å²) in [4.78, 5) is 16.0. The molecule has 0 aromatic carbocycles. The van der Waals surface area contributed by atoms with Gasteiger partial charge in [0.25, 0.3) is 5.91 Å². The summed E-state index contributed by atoms with van der Waals surface area (Å²) in [6, 6.07) is 3.34. The number of aromatic nitrogens is 1. The number of thioether (sulfide) groups is 1. The molecule has 4 nitrogen and oxygen atoms in total. The first-order valence-electron chi connectivity index (χ1n) is 6.21. The van der Waals surface area contributed by atoms with Gasteiger partial charge in [0.05, 0.1) is 0 Å². The Morgan fingerprint density at radius 1 is 1.68 bits per heavy atom. The molecule has 1 aliphatic heterocycles. The second-order valence-electron chi connectivity index (χ2n) is 4.20. The number of hydrogen-bond donors (Lipinski definition) is 1. The maximum Gasteiger partial charge on any atom is 0.251 e. The first-order chi connectivity index (χ1) is 9.29. The van der Waals surface area contributed by atoms with E-state index in [2.05, 4.69) is 16.2 Å². The molecule has 1 N–H and O–H groups in total. The Kier molecular flexibility index (Phi) is 5.10. The van der Waals surface area contributed by atoms with Crippen LogP contribution >= 0.6 is 11.8 Å². The van der Waals surface area contributed by atoms with Crippen LogP contribution in [0.15, 0.2) is 18.3 Å². The van der Waals surface area contributed by atoms with Gasteiger partial charge in [-0.1, -0.05) is 0 Å². The highest BCUT2D eigenvalue weighted by Crippen LogP contribution is 2.22. The molecule has 2 heterocycles. The highest BCUT2D eigenvalue weighted by Gasteiger charge is 2.18. The summed E-state index contributed by atoms with van der Waals surface area (Å²) in [6.45, 7) is 0.479. The molecule has 1 aromatic heterocycles. The standard InChI is InChI=1S/C14H16N2O2S/c1-2-3-6-16-14(17)11-4-7-15-13(9-11)18-12-5-8-19-10-12/h1,4,7,9,12H,3,5-6,8,10H2,(H,16,17). The van der Waals surface area contributed by atoms with Gasteiger partial charge in [-0.15, -0.1) is 12.3 Å². The van der Waals surface area contributed by atoms with Crippen molar-refractivity contribution in [3.63, 3.8) is 0 Å². The van der Waals surface area contributed by atoms with Gasteiger partial charge in [-0.3, -0.25) is 4.79 Å². The predicted octanol–water partition coefficient (Wildman–Crippen LogP) is 1.72. The van der Waals surface area contributed by atoms with Gasteiger partial charge < -0.3 is 10.1 Å². The van der Waals surface area contributed by atoms with Crippen LogP contribution in [0.3, 0.4) is 0 Å². The van der Waals surface area contributed by atoms with E-state index in [0.717, 1.165) is 17.9 Å². The average molecular weight is 276 g/mol. The van der Waals surface area contributed by atoms with Gasteiger partial charge in [-0.05, 0) is 18.2 Å². The first-order valence-corrected chi connectivity index (χ1v) is 7.37. The highest BCUT2D eigenvalue weighted by atomic mass is 32.2. The fourth-order valence-corrected chi connectivity index (χ4v) is 2.84. The summed E-state index contributed by atoms with van der Waals surface area (Å²) in [6.07, 6.45) is 8.49. The summed E-state index contributed by atoms with van der Waals surface area (Å²) in [5.41, 5.74) is 0.549. The molecule has 1 aromatic rings. The number of nitrogens with zero attached hydrogens (tertiary/aromatic N) is 1. The van der Waals surface area contributed by atoms with Crippen molar-refractivity contribution in [1.82, 2.24) is 10.3 Å². The molecule has 1 unspecified atom stereocenters.